The topological polar surface area (TPSA) is 40.5 Å². The molecule has 1 fully saturated rings. The first-order valence-corrected chi connectivity index (χ1v) is 6.61. The molecule has 0 radical (unpaired) electrons. The fourth-order valence-electron chi connectivity index (χ4n) is 2.56. The average Bonchev–Trinajstić information content (AvgIpc) is 2.42. The van der Waals surface area contributed by atoms with Crippen LogP contribution in [0.25, 0.3) is 0 Å². The highest BCUT2D eigenvalue weighted by Crippen LogP contribution is 2.28. The van der Waals surface area contributed by atoms with Crippen molar-refractivity contribution in [3.8, 4) is 0 Å². The second kappa shape index (κ2) is 5.96. The lowest BCUT2D eigenvalue weighted by atomic mass is 10.1. The lowest BCUT2D eigenvalue weighted by Gasteiger charge is -2.27. The van der Waals surface area contributed by atoms with Crippen LogP contribution < -0.4 is 5.32 Å². The molecule has 0 atom stereocenters. The molecule has 1 N–H and O–H groups in total. The van der Waals surface area contributed by atoms with Gasteiger partial charge < -0.3 is 5.32 Å². The average molecular weight is 246 g/mol. The number of aliphatic imine (C=N–C) groups is 1. The van der Waals surface area contributed by atoms with E-state index in [-0.39, 0.29) is 0 Å². The first-order valence-electron chi connectivity index (χ1n) is 6.61. The third-order valence-electron chi connectivity index (χ3n) is 3.67. The summed E-state index contributed by atoms with van der Waals surface area (Å²) in [6.45, 7) is 9.09. The minimum absolute atomic E-state index is 0.914. The van der Waals surface area contributed by atoms with Crippen LogP contribution in [0.4, 0.5) is 11.5 Å². The van der Waals surface area contributed by atoms with Crippen LogP contribution in [0, 0.1) is 6.92 Å². The zero-order valence-electron chi connectivity index (χ0n) is 11.4. The third-order valence-corrected chi connectivity index (χ3v) is 3.67. The molecule has 1 saturated heterocycles. The van der Waals surface area contributed by atoms with Crippen molar-refractivity contribution in [2.45, 2.75) is 32.7 Å². The quantitative estimate of drug-likeness (QED) is 0.830. The molecule has 0 amide bonds. The Bertz CT molecular complexity index is 422. The van der Waals surface area contributed by atoms with Gasteiger partial charge in [-0.15, -0.1) is 0 Å². The Morgan fingerprint density at radius 3 is 2.72 bits per heavy atom. The van der Waals surface area contributed by atoms with Crippen LogP contribution in [0.5, 0.6) is 0 Å². The number of hydrogen-bond donors (Lipinski definition) is 1. The number of nitrogens with zero attached hydrogens (tertiary/aromatic N) is 3. The van der Waals surface area contributed by atoms with Gasteiger partial charge in [0.25, 0.3) is 0 Å². The van der Waals surface area contributed by atoms with E-state index in [0.717, 1.165) is 18.1 Å². The summed E-state index contributed by atoms with van der Waals surface area (Å²) in [6, 6.07) is 0. The van der Waals surface area contributed by atoms with Crippen LogP contribution >= 0.6 is 0 Å². The monoisotopic (exact) mass is 246 g/mol. The zero-order chi connectivity index (χ0) is 13.0. The Balaban J connectivity index is 2.25. The summed E-state index contributed by atoms with van der Waals surface area (Å²) in [5.74, 6) is 0.939. The van der Waals surface area contributed by atoms with Crippen molar-refractivity contribution in [1.82, 2.24) is 9.88 Å². The first kappa shape index (κ1) is 13.0. The van der Waals surface area contributed by atoms with Crippen molar-refractivity contribution in [2.24, 2.45) is 4.99 Å². The molecule has 0 unspecified atom stereocenters. The van der Waals surface area contributed by atoms with Gasteiger partial charge in [0.15, 0.2) is 0 Å². The Kier molecular flexibility index (Phi) is 4.31. The molecule has 0 bridgehead atoms. The highest BCUT2D eigenvalue weighted by atomic mass is 15.1. The molecule has 4 nitrogen and oxygen atoms in total. The molecule has 0 aromatic carbocycles. The molecule has 0 aliphatic carbocycles. The number of likely N-dealkylation sites (tertiary alicyclic amines) is 1. The van der Waals surface area contributed by atoms with Gasteiger partial charge in [-0.2, -0.15) is 0 Å². The summed E-state index contributed by atoms with van der Waals surface area (Å²) in [4.78, 5) is 11.0. The van der Waals surface area contributed by atoms with Crippen LogP contribution in [0.15, 0.2) is 11.2 Å². The molecule has 18 heavy (non-hydrogen) atoms. The van der Waals surface area contributed by atoms with E-state index in [4.69, 9.17) is 0 Å². The fourth-order valence-corrected chi connectivity index (χ4v) is 2.56. The Hall–Kier alpha value is -1.42. The number of nitrogens with one attached hydrogen (secondary N) is 1. The normalized spacial score (nSPS) is 16.6. The van der Waals surface area contributed by atoms with Gasteiger partial charge in [-0.05, 0) is 50.7 Å². The molecule has 1 aromatic heterocycles. The predicted molar refractivity (Wildman–Crippen MR) is 76.9 cm³/mol. The van der Waals surface area contributed by atoms with Crippen molar-refractivity contribution in [1.29, 1.82) is 0 Å². The number of hydrogen-bond acceptors (Lipinski definition) is 4. The van der Waals surface area contributed by atoms with Crippen LogP contribution in [-0.4, -0.2) is 36.7 Å². The molecular weight excluding hydrogens is 224 g/mol. The Morgan fingerprint density at radius 2 is 2.11 bits per heavy atom. The largest absolute Gasteiger partial charge is 0.373 e. The maximum atomic E-state index is 4.36. The maximum absolute atomic E-state index is 4.36. The van der Waals surface area contributed by atoms with E-state index in [1.54, 1.807) is 0 Å². The van der Waals surface area contributed by atoms with Gasteiger partial charge in [0.2, 0.25) is 0 Å². The van der Waals surface area contributed by atoms with Gasteiger partial charge in [0.1, 0.15) is 5.82 Å². The molecule has 4 heteroatoms. The summed E-state index contributed by atoms with van der Waals surface area (Å²) < 4.78 is 0. The Morgan fingerprint density at radius 1 is 1.39 bits per heavy atom. The molecule has 1 aliphatic heterocycles. The van der Waals surface area contributed by atoms with Crippen LogP contribution in [0.3, 0.4) is 0 Å². The highest BCUT2D eigenvalue weighted by molar-refractivity contribution is 5.59. The van der Waals surface area contributed by atoms with Crippen molar-refractivity contribution in [2.75, 3.05) is 25.5 Å². The zero-order valence-corrected chi connectivity index (χ0v) is 11.4. The summed E-state index contributed by atoms with van der Waals surface area (Å²) in [5.41, 5.74) is 3.36. The number of anilines is 1. The molecular formula is C14H22N4. The molecule has 0 saturated carbocycles. The van der Waals surface area contributed by atoms with Crippen molar-refractivity contribution in [3.63, 3.8) is 0 Å². The van der Waals surface area contributed by atoms with E-state index in [1.165, 1.54) is 43.5 Å². The standard InChI is InChI=1S/C14H22N4/c1-11-12(10-18-7-5-4-6-8-18)13(15-2)9-17-14(11)16-3/h9H,2,4-8,10H2,1,3H3,(H,16,17). The lowest BCUT2D eigenvalue weighted by Crippen LogP contribution is -2.29. The smallest absolute Gasteiger partial charge is 0.129 e. The van der Waals surface area contributed by atoms with Crippen molar-refractivity contribution < 1.29 is 0 Å². The minimum atomic E-state index is 0.914. The van der Waals surface area contributed by atoms with Crippen molar-refractivity contribution in [3.05, 3.63) is 17.3 Å². The van der Waals surface area contributed by atoms with Gasteiger partial charge in [0, 0.05) is 13.6 Å². The second-order valence-electron chi connectivity index (χ2n) is 4.84. The van der Waals surface area contributed by atoms with Gasteiger partial charge in [-0.3, -0.25) is 9.89 Å². The predicted octanol–water partition coefficient (Wildman–Crippen LogP) is 2.75. The van der Waals surface area contributed by atoms with Crippen LogP contribution in [-0.2, 0) is 6.54 Å². The van der Waals surface area contributed by atoms with E-state index in [9.17, 15) is 0 Å². The van der Waals surface area contributed by atoms with E-state index >= 15 is 0 Å². The molecule has 1 aromatic rings. The van der Waals surface area contributed by atoms with Crippen molar-refractivity contribution >= 4 is 18.2 Å². The van der Waals surface area contributed by atoms with E-state index in [2.05, 4.69) is 33.8 Å². The van der Waals surface area contributed by atoms with Gasteiger partial charge >= 0.3 is 0 Å². The fraction of sp³-hybridized carbons (Fsp3) is 0.571. The number of pyridine rings is 1. The molecule has 98 valence electrons. The SMILES string of the molecule is C=Nc1cnc(NC)c(C)c1CN1CCCCC1. The molecule has 2 rings (SSSR count). The third kappa shape index (κ3) is 2.70. The summed E-state index contributed by atoms with van der Waals surface area (Å²) in [5, 5.41) is 3.13. The number of rotatable bonds is 4. The van der Waals surface area contributed by atoms with Crippen LogP contribution in [0.1, 0.15) is 30.4 Å². The van der Waals surface area contributed by atoms with E-state index < -0.39 is 0 Å². The number of aromatic nitrogens is 1. The molecule has 1 aliphatic rings. The second-order valence-corrected chi connectivity index (χ2v) is 4.84. The highest BCUT2D eigenvalue weighted by Gasteiger charge is 2.16. The van der Waals surface area contributed by atoms with Crippen LogP contribution in [0.2, 0.25) is 0 Å². The molecule has 2 heterocycles. The lowest BCUT2D eigenvalue weighted by molar-refractivity contribution is 0.221. The maximum Gasteiger partial charge on any atom is 0.129 e. The first-order chi connectivity index (χ1) is 8.76. The minimum Gasteiger partial charge on any atom is -0.373 e. The number of piperidine rings is 1. The van der Waals surface area contributed by atoms with Gasteiger partial charge in [-0.1, -0.05) is 6.42 Å². The summed E-state index contributed by atoms with van der Waals surface area (Å²) in [6.07, 6.45) is 5.78. The summed E-state index contributed by atoms with van der Waals surface area (Å²) >= 11 is 0. The van der Waals surface area contributed by atoms with E-state index in [1.807, 2.05) is 13.2 Å². The van der Waals surface area contributed by atoms with E-state index in [0.29, 0.717) is 0 Å². The Labute approximate surface area is 109 Å². The molecule has 0 spiro atoms. The van der Waals surface area contributed by atoms with Gasteiger partial charge in [-0.25, -0.2) is 4.98 Å². The van der Waals surface area contributed by atoms with Gasteiger partial charge in [0.05, 0.1) is 11.9 Å². The summed E-state index contributed by atoms with van der Waals surface area (Å²) in [7, 11) is 1.90.